The molecule has 0 aliphatic heterocycles. The van der Waals surface area contributed by atoms with Crippen LogP contribution in [0.4, 0.5) is 18.8 Å². The zero-order valence-electron chi connectivity index (χ0n) is 18.6. The van der Waals surface area contributed by atoms with Crippen LogP contribution in [-0.2, 0) is 37.9 Å². The molecule has 0 aliphatic rings. The number of halogens is 4. The number of rotatable bonds is 12. The van der Waals surface area contributed by atoms with Gasteiger partial charge >= 0.3 is 0 Å². The summed E-state index contributed by atoms with van der Waals surface area (Å²) in [4.78, 5) is 0. The molecule has 8 nitrogen and oxygen atoms in total. The molecule has 0 unspecified atom stereocenters. The summed E-state index contributed by atoms with van der Waals surface area (Å²) in [5.74, 6) is 0. The highest BCUT2D eigenvalue weighted by molar-refractivity contribution is 4.19. The first kappa shape index (κ1) is 50.7. The number of hydrogen-bond acceptors (Lipinski definition) is 8. The van der Waals surface area contributed by atoms with Gasteiger partial charge in [-0.2, -0.15) is 0 Å². The van der Waals surface area contributed by atoms with Gasteiger partial charge in [0.05, 0.1) is 52.9 Å². The molecular weight excluding hydrogens is 396 g/mol. The molecule has 0 bridgehead atoms. The summed E-state index contributed by atoms with van der Waals surface area (Å²) in [7, 11) is 13.2. The van der Waals surface area contributed by atoms with Crippen molar-refractivity contribution in [3.8, 4) is 0 Å². The van der Waals surface area contributed by atoms with Crippen molar-refractivity contribution in [2.75, 3.05) is 110 Å². The molecule has 0 aliphatic carbocycles. The molecule has 28 heavy (non-hydrogen) atoms. The predicted molar refractivity (Wildman–Crippen MR) is 105 cm³/mol. The van der Waals surface area contributed by atoms with E-state index in [0.717, 1.165) is 0 Å². The SMILES string of the molecule is COCCOC.COCCOC.COCCOC.COCCOC.F.F.F.F. The fraction of sp³-hybridized carbons (Fsp3) is 1.00. The Morgan fingerprint density at radius 1 is 0.250 bits per heavy atom. The van der Waals surface area contributed by atoms with Gasteiger partial charge in [0.25, 0.3) is 0 Å². The van der Waals surface area contributed by atoms with Crippen molar-refractivity contribution < 1.29 is 56.7 Å². The maximum Gasteiger partial charge on any atom is 0.0696 e. The van der Waals surface area contributed by atoms with Gasteiger partial charge in [-0.3, -0.25) is 18.8 Å². The van der Waals surface area contributed by atoms with E-state index in [2.05, 4.69) is 37.9 Å². The maximum atomic E-state index is 4.66. The first-order valence-corrected chi connectivity index (χ1v) is 7.58. The first-order chi connectivity index (χ1) is 11.7. The van der Waals surface area contributed by atoms with Crippen LogP contribution in [0, 0.1) is 0 Å². The Morgan fingerprint density at radius 2 is 0.321 bits per heavy atom. The van der Waals surface area contributed by atoms with Crippen molar-refractivity contribution in [2.24, 2.45) is 0 Å². The van der Waals surface area contributed by atoms with Crippen molar-refractivity contribution in [3.05, 3.63) is 0 Å². The van der Waals surface area contributed by atoms with E-state index in [4.69, 9.17) is 0 Å². The Morgan fingerprint density at radius 3 is 0.357 bits per heavy atom. The zero-order chi connectivity index (χ0) is 19.3. The summed E-state index contributed by atoms with van der Waals surface area (Å²) in [6.45, 7) is 5.53. The number of ether oxygens (including phenoxy) is 8. The molecule has 0 aromatic carbocycles. The molecular formula is C16H44F4O8. The van der Waals surface area contributed by atoms with E-state index in [-0.39, 0.29) is 18.8 Å². The van der Waals surface area contributed by atoms with E-state index >= 15 is 0 Å². The predicted octanol–water partition coefficient (Wildman–Crippen LogP) is 1.73. The van der Waals surface area contributed by atoms with Crippen LogP contribution < -0.4 is 0 Å². The molecule has 0 N–H and O–H groups in total. The van der Waals surface area contributed by atoms with Gasteiger partial charge in [-0.25, -0.2) is 0 Å². The number of hydrogen-bond donors (Lipinski definition) is 0. The van der Waals surface area contributed by atoms with Gasteiger partial charge < -0.3 is 37.9 Å². The van der Waals surface area contributed by atoms with E-state index in [1.54, 1.807) is 56.9 Å². The molecule has 0 aromatic heterocycles. The van der Waals surface area contributed by atoms with Crippen molar-refractivity contribution >= 4 is 0 Å². The zero-order valence-corrected chi connectivity index (χ0v) is 18.6. The normalized spacial score (nSPS) is 7.71. The molecule has 0 saturated carbocycles. The van der Waals surface area contributed by atoms with Crippen LogP contribution >= 0.6 is 0 Å². The van der Waals surface area contributed by atoms with Crippen molar-refractivity contribution in [1.29, 1.82) is 0 Å². The van der Waals surface area contributed by atoms with Crippen LogP contribution in [0.15, 0.2) is 0 Å². The fourth-order valence-corrected chi connectivity index (χ4v) is 0.667. The quantitative estimate of drug-likeness (QED) is 0.336. The second-order valence-corrected chi connectivity index (χ2v) is 3.94. The Kier molecular flexibility index (Phi) is 130. The minimum Gasteiger partial charge on any atom is -0.382 e. The van der Waals surface area contributed by atoms with Gasteiger partial charge in [0.15, 0.2) is 0 Å². The Balaban J connectivity index is -0.0000000303. The molecule has 0 radical (unpaired) electrons. The molecule has 0 fully saturated rings. The van der Waals surface area contributed by atoms with Gasteiger partial charge in [-0.15, -0.1) is 0 Å². The lowest BCUT2D eigenvalue weighted by atomic mass is 10.8. The Bertz CT molecular complexity index is 119. The second kappa shape index (κ2) is 71.8. The number of methoxy groups -OCH3 is 8. The molecule has 0 spiro atoms. The topological polar surface area (TPSA) is 73.8 Å². The van der Waals surface area contributed by atoms with Crippen molar-refractivity contribution in [2.45, 2.75) is 0 Å². The first-order valence-electron chi connectivity index (χ1n) is 7.58. The molecule has 0 amide bonds. The lowest BCUT2D eigenvalue weighted by molar-refractivity contribution is 0.103. The molecule has 184 valence electrons. The Labute approximate surface area is 167 Å². The van der Waals surface area contributed by atoms with Gasteiger partial charge in [0, 0.05) is 56.9 Å². The molecule has 0 rings (SSSR count). The van der Waals surface area contributed by atoms with E-state index < -0.39 is 0 Å². The largest absolute Gasteiger partial charge is 0.382 e. The van der Waals surface area contributed by atoms with Crippen LogP contribution in [0.1, 0.15) is 0 Å². The fourth-order valence-electron chi connectivity index (χ4n) is 0.667. The standard InChI is InChI=1S/4C4H10O2.4FH/c4*1-5-3-4-6-2;;;;/h4*3-4H2,1-2H3;4*1H. The third kappa shape index (κ3) is 116. The van der Waals surface area contributed by atoms with E-state index in [9.17, 15) is 0 Å². The van der Waals surface area contributed by atoms with Gasteiger partial charge in [0.2, 0.25) is 0 Å². The van der Waals surface area contributed by atoms with Crippen LogP contribution in [0.25, 0.3) is 0 Å². The van der Waals surface area contributed by atoms with Crippen LogP contribution in [-0.4, -0.2) is 110 Å². The minimum absolute atomic E-state index is 0. The van der Waals surface area contributed by atoms with Gasteiger partial charge in [-0.1, -0.05) is 0 Å². The maximum absolute atomic E-state index is 4.66. The van der Waals surface area contributed by atoms with Crippen molar-refractivity contribution in [3.63, 3.8) is 0 Å². The summed E-state index contributed by atoms with van der Waals surface area (Å²) in [5.41, 5.74) is 0. The summed E-state index contributed by atoms with van der Waals surface area (Å²) >= 11 is 0. The molecule has 0 heterocycles. The van der Waals surface area contributed by atoms with Crippen LogP contribution in [0.5, 0.6) is 0 Å². The summed E-state index contributed by atoms with van der Waals surface area (Å²) in [6, 6.07) is 0. The van der Waals surface area contributed by atoms with Crippen LogP contribution in [0.2, 0.25) is 0 Å². The van der Waals surface area contributed by atoms with Crippen LogP contribution in [0.3, 0.4) is 0 Å². The third-order valence-corrected chi connectivity index (χ3v) is 1.97. The lowest BCUT2D eigenvalue weighted by Crippen LogP contribution is -1.96. The summed E-state index contributed by atoms with van der Waals surface area (Å²) in [5, 5.41) is 0. The average molecular weight is 441 g/mol. The smallest absolute Gasteiger partial charge is 0.0696 e. The van der Waals surface area contributed by atoms with Gasteiger partial charge in [0.1, 0.15) is 0 Å². The molecule has 12 heteroatoms. The van der Waals surface area contributed by atoms with E-state index in [1.165, 1.54) is 0 Å². The second-order valence-electron chi connectivity index (χ2n) is 3.94. The Hall–Kier alpha value is -0.600. The third-order valence-electron chi connectivity index (χ3n) is 1.97. The molecule has 0 saturated heterocycles. The highest BCUT2D eigenvalue weighted by atomic mass is 19.0. The van der Waals surface area contributed by atoms with Gasteiger partial charge in [-0.05, 0) is 0 Å². The highest BCUT2D eigenvalue weighted by Crippen LogP contribution is 1.67. The molecule has 0 atom stereocenters. The summed E-state index contributed by atoms with van der Waals surface area (Å²) in [6.07, 6.45) is 0. The van der Waals surface area contributed by atoms with Crippen molar-refractivity contribution in [1.82, 2.24) is 0 Å². The van der Waals surface area contributed by atoms with E-state index in [0.29, 0.717) is 52.9 Å². The lowest BCUT2D eigenvalue weighted by Gasteiger charge is -1.91. The monoisotopic (exact) mass is 440 g/mol. The van der Waals surface area contributed by atoms with E-state index in [1.807, 2.05) is 0 Å². The average Bonchev–Trinajstić information content (AvgIpc) is 2.62. The summed E-state index contributed by atoms with van der Waals surface area (Å²) < 4.78 is 37.3. The molecule has 0 aromatic rings. The highest BCUT2D eigenvalue weighted by Gasteiger charge is 1.75. The minimum atomic E-state index is 0.